The Kier molecular flexibility index (Phi) is 7.11. The molecule has 6 nitrogen and oxygen atoms in total. The molecule has 8 heteroatoms. The van der Waals surface area contributed by atoms with Crippen molar-refractivity contribution in [1.29, 1.82) is 0 Å². The Bertz CT molecular complexity index is 593. The third kappa shape index (κ3) is 6.01. The van der Waals surface area contributed by atoms with Gasteiger partial charge in [0.05, 0.1) is 5.69 Å². The van der Waals surface area contributed by atoms with Crippen LogP contribution in [0.4, 0.5) is 14.5 Å². The quantitative estimate of drug-likeness (QED) is 0.689. The van der Waals surface area contributed by atoms with E-state index in [9.17, 15) is 23.2 Å². The maximum atomic E-state index is 13.4. The number of carbonyl (C=O) groups excluding carboxylic acids is 3. The van der Waals surface area contributed by atoms with Crippen LogP contribution in [0.15, 0.2) is 18.2 Å². The van der Waals surface area contributed by atoms with E-state index in [2.05, 4.69) is 10.6 Å². The summed E-state index contributed by atoms with van der Waals surface area (Å²) in [7, 11) is 0. The van der Waals surface area contributed by atoms with Gasteiger partial charge in [-0.2, -0.15) is 0 Å². The second kappa shape index (κ2) is 8.82. The van der Waals surface area contributed by atoms with Crippen molar-refractivity contribution in [3.05, 3.63) is 29.8 Å². The first-order valence-corrected chi connectivity index (χ1v) is 7.17. The molecule has 126 valence electrons. The predicted octanol–water partition coefficient (Wildman–Crippen LogP) is 1.32. The molecule has 0 aliphatic carbocycles. The molecule has 0 bridgehead atoms. The fourth-order valence-corrected chi connectivity index (χ4v) is 1.60. The molecule has 0 aliphatic rings. The van der Waals surface area contributed by atoms with Crippen LogP contribution >= 0.6 is 0 Å². The Labute approximate surface area is 132 Å². The van der Waals surface area contributed by atoms with Gasteiger partial charge in [0.2, 0.25) is 5.91 Å². The van der Waals surface area contributed by atoms with Gasteiger partial charge in [-0.05, 0) is 25.5 Å². The van der Waals surface area contributed by atoms with E-state index in [0.717, 1.165) is 18.6 Å². The van der Waals surface area contributed by atoms with Crippen LogP contribution in [0.1, 0.15) is 26.7 Å². The molecule has 0 fully saturated rings. The number of benzene rings is 1. The summed E-state index contributed by atoms with van der Waals surface area (Å²) < 4.78 is 26.3. The van der Waals surface area contributed by atoms with Gasteiger partial charge in [0.1, 0.15) is 0 Å². The van der Waals surface area contributed by atoms with E-state index in [1.165, 1.54) is 6.07 Å². The summed E-state index contributed by atoms with van der Waals surface area (Å²) in [6.07, 6.45) is 0.789. The van der Waals surface area contributed by atoms with Gasteiger partial charge in [0, 0.05) is 19.0 Å². The number of hydrogen-bond acceptors (Lipinski definition) is 3. The van der Waals surface area contributed by atoms with Crippen LogP contribution in [0.5, 0.6) is 0 Å². The lowest BCUT2D eigenvalue weighted by Crippen LogP contribution is -2.39. The second-order valence-corrected chi connectivity index (χ2v) is 4.94. The minimum atomic E-state index is -1.25. The standard InChI is InChI=1S/C15H19F2N3O3/c1-3-9(2)19-12(21)7-8-18-14(22)15(23)20-11-6-4-5-10(16)13(11)17/h4-6,9H,3,7-8H2,1-2H3,(H,18,22)(H,19,21)(H,20,23). The fourth-order valence-electron chi connectivity index (χ4n) is 1.60. The van der Waals surface area contributed by atoms with Crippen LogP contribution in [0.25, 0.3) is 0 Å². The van der Waals surface area contributed by atoms with Crippen molar-refractivity contribution >= 4 is 23.4 Å². The molecule has 0 saturated carbocycles. The largest absolute Gasteiger partial charge is 0.354 e. The van der Waals surface area contributed by atoms with Gasteiger partial charge in [0.15, 0.2) is 11.6 Å². The van der Waals surface area contributed by atoms with Gasteiger partial charge in [-0.1, -0.05) is 13.0 Å². The Balaban J connectivity index is 2.41. The predicted molar refractivity (Wildman–Crippen MR) is 80.5 cm³/mol. The highest BCUT2D eigenvalue weighted by Crippen LogP contribution is 2.16. The average Bonchev–Trinajstić information content (AvgIpc) is 2.51. The molecule has 3 amide bonds. The number of halogens is 2. The molecule has 0 heterocycles. The number of rotatable bonds is 6. The molecule has 23 heavy (non-hydrogen) atoms. The summed E-state index contributed by atoms with van der Waals surface area (Å²) >= 11 is 0. The highest BCUT2D eigenvalue weighted by Gasteiger charge is 2.17. The van der Waals surface area contributed by atoms with Crippen molar-refractivity contribution < 1.29 is 23.2 Å². The zero-order valence-electron chi connectivity index (χ0n) is 12.9. The van der Waals surface area contributed by atoms with Crippen LogP contribution in [0.3, 0.4) is 0 Å². The Hall–Kier alpha value is -2.51. The molecule has 1 unspecified atom stereocenters. The van der Waals surface area contributed by atoms with E-state index in [1.807, 2.05) is 19.2 Å². The molecule has 3 N–H and O–H groups in total. The summed E-state index contributed by atoms with van der Waals surface area (Å²) in [6, 6.07) is 3.24. The van der Waals surface area contributed by atoms with Gasteiger partial charge >= 0.3 is 11.8 Å². The molecule has 0 saturated heterocycles. The summed E-state index contributed by atoms with van der Waals surface area (Å²) in [4.78, 5) is 34.6. The van der Waals surface area contributed by atoms with Gasteiger partial charge in [-0.3, -0.25) is 14.4 Å². The number of amides is 3. The second-order valence-electron chi connectivity index (χ2n) is 4.94. The molecule has 0 aromatic heterocycles. The van der Waals surface area contributed by atoms with Crippen LogP contribution in [0.2, 0.25) is 0 Å². The van der Waals surface area contributed by atoms with Crippen molar-refractivity contribution in [3.8, 4) is 0 Å². The Morgan fingerprint density at radius 2 is 1.87 bits per heavy atom. The van der Waals surface area contributed by atoms with Crippen molar-refractivity contribution in [1.82, 2.24) is 10.6 Å². The monoisotopic (exact) mass is 327 g/mol. The number of hydrogen-bond donors (Lipinski definition) is 3. The summed E-state index contributed by atoms with van der Waals surface area (Å²) in [5.41, 5.74) is -0.431. The van der Waals surface area contributed by atoms with Crippen molar-refractivity contribution in [2.24, 2.45) is 0 Å². The molecule has 1 aromatic rings. The van der Waals surface area contributed by atoms with Crippen molar-refractivity contribution in [2.45, 2.75) is 32.7 Å². The van der Waals surface area contributed by atoms with E-state index >= 15 is 0 Å². The minimum Gasteiger partial charge on any atom is -0.354 e. The zero-order valence-corrected chi connectivity index (χ0v) is 12.9. The smallest absolute Gasteiger partial charge is 0.313 e. The maximum Gasteiger partial charge on any atom is 0.313 e. The van der Waals surface area contributed by atoms with E-state index in [4.69, 9.17) is 0 Å². The van der Waals surface area contributed by atoms with Crippen LogP contribution in [-0.2, 0) is 14.4 Å². The molecule has 1 atom stereocenters. The normalized spacial score (nSPS) is 11.5. The topological polar surface area (TPSA) is 87.3 Å². The molecule has 0 aliphatic heterocycles. The molecule has 0 spiro atoms. The lowest BCUT2D eigenvalue weighted by atomic mass is 10.2. The molecule has 1 rings (SSSR count). The summed E-state index contributed by atoms with van der Waals surface area (Å²) in [5.74, 6) is -4.82. The first kappa shape index (κ1) is 18.5. The summed E-state index contributed by atoms with van der Waals surface area (Å²) in [6.45, 7) is 3.72. The lowest BCUT2D eigenvalue weighted by molar-refractivity contribution is -0.136. The first-order valence-electron chi connectivity index (χ1n) is 7.17. The Morgan fingerprint density at radius 3 is 2.52 bits per heavy atom. The van der Waals surface area contributed by atoms with E-state index in [1.54, 1.807) is 0 Å². The highest BCUT2D eigenvalue weighted by molar-refractivity contribution is 6.39. The van der Waals surface area contributed by atoms with Crippen LogP contribution < -0.4 is 16.0 Å². The third-order valence-corrected chi connectivity index (χ3v) is 3.06. The van der Waals surface area contributed by atoms with Crippen molar-refractivity contribution in [3.63, 3.8) is 0 Å². The molecular formula is C15H19F2N3O3. The van der Waals surface area contributed by atoms with Gasteiger partial charge < -0.3 is 16.0 Å². The van der Waals surface area contributed by atoms with E-state index < -0.39 is 29.1 Å². The van der Waals surface area contributed by atoms with Crippen LogP contribution in [0, 0.1) is 11.6 Å². The number of carbonyl (C=O) groups is 3. The zero-order chi connectivity index (χ0) is 17.4. The van der Waals surface area contributed by atoms with E-state index in [0.29, 0.717) is 0 Å². The SMILES string of the molecule is CCC(C)NC(=O)CCNC(=O)C(=O)Nc1cccc(F)c1F. The number of nitrogens with one attached hydrogen (secondary N) is 3. The third-order valence-electron chi connectivity index (χ3n) is 3.06. The fraction of sp³-hybridized carbons (Fsp3) is 0.400. The average molecular weight is 327 g/mol. The lowest BCUT2D eigenvalue weighted by Gasteiger charge is -2.11. The van der Waals surface area contributed by atoms with Gasteiger partial charge in [-0.15, -0.1) is 0 Å². The maximum absolute atomic E-state index is 13.4. The first-order chi connectivity index (χ1) is 10.8. The Morgan fingerprint density at radius 1 is 1.17 bits per heavy atom. The van der Waals surface area contributed by atoms with Gasteiger partial charge in [-0.25, -0.2) is 8.78 Å². The molecule has 0 radical (unpaired) electrons. The van der Waals surface area contributed by atoms with E-state index in [-0.39, 0.29) is 24.9 Å². The highest BCUT2D eigenvalue weighted by atomic mass is 19.2. The van der Waals surface area contributed by atoms with Gasteiger partial charge in [0.25, 0.3) is 0 Å². The number of anilines is 1. The molecule has 1 aromatic carbocycles. The van der Waals surface area contributed by atoms with Crippen LogP contribution in [-0.4, -0.2) is 30.3 Å². The van der Waals surface area contributed by atoms with Crippen molar-refractivity contribution in [2.75, 3.05) is 11.9 Å². The summed E-state index contributed by atoms with van der Waals surface area (Å²) in [5, 5.41) is 6.90. The molecular weight excluding hydrogens is 308 g/mol. The minimum absolute atomic E-state index is 0.0116.